The molecule has 3 nitrogen and oxygen atoms in total. The van der Waals surface area contributed by atoms with Crippen LogP contribution in [0.15, 0.2) is 32.5 Å². The lowest BCUT2D eigenvalue weighted by molar-refractivity contribution is 0.418. The smallest absolute Gasteiger partial charge is 0.175 e. The third kappa shape index (κ3) is 2.45. The fraction of sp³-hybridized carbons (Fsp3) is 0.0769. The van der Waals surface area contributed by atoms with Gasteiger partial charge >= 0.3 is 0 Å². The molecule has 0 aliphatic rings. The molecule has 0 saturated carbocycles. The average Bonchev–Trinajstić information content (AvgIpc) is 2.88. The van der Waals surface area contributed by atoms with Crippen molar-refractivity contribution in [3.63, 3.8) is 0 Å². The van der Waals surface area contributed by atoms with Crippen molar-refractivity contribution in [1.29, 1.82) is 0 Å². The van der Waals surface area contributed by atoms with Gasteiger partial charge in [0.25, 0.3) is 0 Å². The third-order valence-electron chi connectivity index (χ3n) is 2.72. The Hall–Kier alpha value is -0.690. The fourth-order valence-corrected chi connectivity index (χ4v) is 4.17. The summed E-state index contributed by atoms with van der Waals surface area (Å²) in [5, 5.41) is 3.15. The SMILES string of the molecule is COc1ccsc1-c1nc(Cl)c2cc(Br)cc(Br)c2n1. The topological polar surface area (TPSA) is 35.0 Å². The fourth-order valence-electron chi connectivity index (χ4n) is 1.84. The summed E-state index contributed by atoms with van der Waals surface area (Å²) in [5.41, 5.74) is 0.777. The van der Waals surface area contributed by atoms with Gasteiger partial charge in [0.15, 0.2) is 5.82 Å². The van der Waals surface area contributed by atoms with Gasteiger partial charge in [-0.15, -0.1) is 11.3 Å². The molecule has 102 valence electrons. The van der Waals surface area contributed by atoms with Crippen molar-refractivity contribution in [2.24, 2.45) is 0 Å². The summed E-state index contributed by atoms with van der Waals surface area (Å²) >= 11 is 14.8. The van der Waals surface area contributed by atoms with Crippen LogP contribution < -0.4 is 4.74 Å². The Balaban J connectivity index is 2.30. The number of hydrogen-bond acceptors (Lipinski definition) is 4. The van der Waals surface area contributed by atoms with Crippen LogP contribution in [0.3, 0.4) is 0 Å². The minimum Gasteiger partial charge on any atom is -0.495 e. The van der Waals surface area contributed by atoms with Crippen molar-refractivity contribution in [2.75, 3.05) is 7.11 Å². The summed E-state index contributed by atoms with van der Waals surface area (Å²) < 4.78 is 7.09. The second-order valence-corrected chi connectivity index (χ2v) is 6.98. The van der Waals surface area contributed by atoms with E-state index >= 15 is 0 Å². The molecule has 3 aromatic rings. The van der Waals surface area contributed by atoms with Crippen LogP contribution in [0.5, 0.6) is 5.75 Å². The van der Waals surface area contributed by atoms with E-state index < -0.39 is 0 Å². The van der Waals surface area contributed by atoms with Crippen molar-refractivity contribution in [2.45, 2.75) is 0 Å². The molecule has 0 radical (unpaired) electrons. The number of halogens is 3. The molecule has 2 aromatic heterocycles. The zero-order chi connectivity index (χ0) is 14.3. The number of rotatable bonds is 2. The van der Waals surface area contributed by atoms with Gasteiger partial charge in [0, 0.05) is 14.3 Å². The second-order valence-electron chi connectivity index (χ2n) is 3.94. The summed E-state index contributed by atoms with van der Waals surface area (Å²) in [6, 6.07) is 5.72. The quantitative estimate of drug-likeness (QED) is 0.497. The van der Waals surface area contributed by atoms with E-state index in [2.05, 4.69) is 41.8 Å². The molecule has 0 bridgehead atoms. The van der Waals surface area contributed by atoms with Crippen LogP contribution in [0.25, 0.3) is 21.6 Å². The lowest BCUT2D eigenvalue weighted by atomic mass is 10.2. The molecule has 0 fully saturated rings. The van der Waals surface area contributed by atoms with Gasteiger partial charge in [-0.3, -0.25) is 0 Å². The first-order valence-electron chi connectivity index (χ1n) is 5.54. The zero-order valence-electron chi connectivity index (χ0n) is 10.2. The monoisotopic (exact) mass is 432 g/mol. The number of fused-ring (bicyclic) bond motifs is 1. The molecule has 20 heavy (non-hydrogen) atoms. The van der Waals surface area contributed by atoms with Gasteiger partial charge < -0.3 is 4.74 Å². The summed E-state index contributed by atoms with van der Waals surface area (Å²) in [7, 11) is 1.63. The number of nitrogens with zero attached hydrogens (tertiary/aromatic N) is 2. The van der Waals surface area contributed by atoms with Gasteiger partial charge in [0.2, 0.25) is 0 Å². The molecule has 0 aliphatic heterocycles. The van der Waals surface area contributed by atoms with Crippen molar-refractivity contribution < 1.29 is 4.74 Å². The van der Waals surface area contributed by atoms with Crippen molar-refractivity contribution in [3.8, 4) is 16.5 Å². The van der Waals surface area contributed by atoms with E-state index in [1.807, 2.05) is 23.6 Å². The van der Waals surface area contributed by atoms with Gasteiger partial charge in [-0.25, -0.2) is 9.97 Å². The van der Waals surface area contributed by atoms with E-state index in [1.54, 1.807) is 7.11 Å². The minimum absolute atomic E-state index is 0.419. The Morgan fingerprint density at radius 2 is 2.05 bits per heavy atom. The molecule has 0 saturated heterocycles. The van der Waals surface area contributed by atoms with E-state index in [0.717, 1.165) is 30.5 Å². The molecule has 0 aliphatic carbocycles. The second kappa shape index (κ2) is 5.60. The molecule has 0 unspecified atom stereocenters. The molecule has 2 heterocycles. The number of aromatic nitrogens is 2. The molecule has 0 N–H and O–H groups in total. The first-order chi connectivity index (χ1) is 9.60. The Morgan fingerprint density at radius 1 is 1.25 bits per heavy atom. The number of hydrogen-bond donors (Lipinski definition) is 0. The first kappa shape index (κ1) is 14.3. The molecule has 1 aromatic carbocycles. The summed E-state index contributed by atoms with van der Waals surface area (Å²) in [6.07, 6.45) is 0. The van der Waals surface area contributed by atoms with Gasteiger partial charge in [-0.1, -0.05) is 27.5 Å². The highest BCUT2D eigenvalue weighted by Gasteiger charge is 2.15. The lowest BCUT2D eigenvalue weighted by Gasteiger charge is -2.07. The predicted octanol–water partition coefficient (Wildman–Crippen LogP) is 5.55. The Morgan fingerprint density at radius 3 is 2.80 bits per heavy atom. The molecule has 3 rings (SSSR count). The van der Waals surface area contributed by atoms with E-state index in [4.69, 9.17) is 16.3 Å². The van der Waals surface area contributed by atoms with Crippen LogP contribution in [0, 0.1) is 0 Å². The average molecular weight is 435 g/mol. The molecular formula is C13H7Br2ClN2OS. The largest absolute Gasteiger partial charge is 0.495 e. The summed E-state index contributed by atoms with van der Waals surface area (Å²) in [6.45, 7) is 0. The summed E-state index contributed by atoms with van der Waals surface area (Å²) in [4.78, 5) is 9.84. The van der Waals surface area contributed by atoms with Crippen LogP contribution in [0.2, 0.25) is 5.15 Å². The van der Waals surface area contributed by atoms with E-state index in [9.17, 15) is 0 Å². The normalized spacial score (nSPS) is 11.0. The molecular weight excluding hydrogens is 427 g/mol. The van der Waals surface area contributed by atoms with Gasteiger partial charge in [-0.05, 0) is 39.5 Å². The Bertz CT molecular complexity index is 806. The molecule has 7 heteroatoms. The highest BCUT2D eigenvalue weighted by atomic mass is 79.9. The summed E-state index contributed by atoms with van der Waals surface area (Å²) in [5.74, 6) is 1.32. The van der Waals surface area contributed by atoms with Crippen LogP contribution >= 0.6 is 54.8 Å². The third-order valence-corrected chi connectivity index (χ3v) is 4.97. The minimum atomic E-state index is 0.419. The van der Waals surface area contributed by atoms with E-state index in [1.165, 1.54) is 11.3 Å². The maximum atomic E-state index is 6.29. The lowest BCUT2D eigenvalue weighted by Crippen LogP contribution is -1.93. The van der Waals surface area contributed by atoms with E-state index in [-0.39, 0.29) is 0 Å². The van der Waals surface area contributed by atoms with Crippen molar-refractivity contribution in [3.05, 3.63) is 37.7 Å². The molecule has 0 amide bonds. The Kier molecular flexibility index (Phi) is 3.99. The van der Waals surface area contributed by atoms with Crippen LogP contribution in [0.1, 0.15) is 0 Å². The molecule has 0 spiro atoms. The highest BCUT2D eigenvalue weighted by Crippen LogP contribution is 2.37. The van der Waals surface area contributed by atoms with E-state index in [0.29, 0.717) is 11.0 Å². The zero-order valence-corrected chi connectivity index (χ0v) is 14.9. The van der Waals surface area contributed by atoms with Crippen molar-refractivity contribution in [1.82, 2.24) is 9.97 Å². The molecule has 0 atom stereocenters. The number of ether oxygens (including phenoxy) is 1. The number of benzene rings is 1. The van der Waals surface area contributed by atoms with Gasteiger partial charge in [0.1, 0.15) is 15.8 Å². The van der Waals surface area contributed by atoms with Crippen LogP contribution in [0.4, 0.5) is 0 Å². The Labute approximate surface area is 141 Å². The number of thiophene rings is 1. The standard InChI is InChI=1S/C13H7Br2ClN2OS/c1-19-9-2-3-20-11(9)13-17-10-7(12(16)18-13)4-6(14)5-8(10)15/h2-5H,1H3. The van der Waals surface area contributed by atoms with Gasteiger partial charge in [0.05, 0.1) is 12.6 Å². The van der Waals surface area contributed by atoms with Crippen LogP contribution in [-0.2, 0) is 0 Å². The first-order valence-corrected chi connectivity index (χ1v) is 8.38. The maximum Gasteiger partial charge on any atom is 0.175 e. The van der Waals surface area contributed by atoms with Gasteiger partial charge in [-0.2, -0.15) is 0 Å². The number of methoxy groups -OCH3 is 1. The highest BCUT2D eigenvalue weighted by molar-refractivity contribution is 9.11. The van der Waals surface area contributed by atoms with Crippen LogP contribution in [-0.4, -0.2) is 17.1 Å². The predicted molar refractivity (Wildman–Crippen MR) is 89.8 cm³/mol. The van der Waals surface area contributed by atoms with Crippen molar-refractivity contribution >= 4 is 65.7 Å². The maximum absolute atomic E-state index is 6.29.